The number of carbonyl (C=O) groups is 1. The molecule has 106 valence electrons. The highest BCUT2D eigenvalue weighted by atomic mass is 32.1. The van der Waals surface area contributed by atoms with Crippen LogP contribution >= 0.6 is 22.9 Å². The molecule has 1 aromatic carbocycles. The molecule has 0 fully saturated rings. The predicted octanol–water partition coefficient (Wildman–Crippen LogP) is 3.80. The van der Waals surface area contributed by atoms with E-state index in [4.69, 9.17) is 0 Å². The quantitative estimate of drug-likeness (QED) is 0.798. The van der Waals surface area contributed by atoms with Gasteiger partial charge < -0.3 is 5.32 Å². The Morgan fingerprint density at radius 3 is 2.57 bits per heavy atom. The van der Waals surface area contributed by atoms with Gasteiger partial charge in [0, 0.05) is 0 Å². The molecule has 0 spiro atoms. The van der Waals surface area contributed by atoms with Gasteiger partial charge in [-0.2, -0.15) is 0 Å². The number of rotatable bonds is 3. The van der Waals surface area contributed by atoms with Gasteiger partial charge in [0.05, 0.1) is 4.88 Å². The highest BCUT2D eigenvalue weighted by Gasteiger charge is 2.20. The molecule has 1 amide bonds. The average molecular weight is 323 g/mol. The lowest BCUT2D eigenvalue weighted by Gasteiger charge is -2.06. The maximum absolute atomic E-state index is 13.5. The number of halogens is 2. The molecule has 21 heavy (non-hydrogen) atoms. The van der Waals surface area contributed by atoms with Gasteiger partial charge in [-0.3, -0.25) is 4.79 Å². The van der Waals surface area contributed by atoms with E-state index in [1.54, 1.807) is 6.07 Å². The summed E-state index contributed by atoms with van der Waals surface area (Å²) in [6.45, 7) is 0. The molecule has 1 N–H and O–H groups in total. The summed E-state index contributed by atoms with van der Waals surface area (Å²) in [5.41, 5.74) is -0.0720. The first-order valence-electron chi connectivity index (χ1n) is 5.78. The number of para-hydroxylation sites is 1. The molecule has 0 aliphatic heterocycles. The molecule has 0 saturated carbocycles. The minimum Gasteiger partial charge on any atom is -0.316 e. The standard InChI is InChI=1S/C13H7F2N3OS2/c14-7-3-1-4-8(15)10(7)16-13(19)12-11(17-18-21-12)9-5-2-6-20-9/h1-6H,(H,16,19). The first kappa shape index (κ1) is 13.8. The van der Waals surface area contributed by atoms with Crippen LogP contribution < -0.4 is 5.32 Å². The normalized spacial score (nSPS) is 10.6. The number of nitrogens with zero attached hydrogens (tertiary/aromatic N) is 2. The largest absolute Gasteiger partial charge is 0.316 e. The van der Waals surface area contributed by atoms with Gasteiger partial charge in [-0.1, -0.05) is 16.6 Å². The molecule has 0 bridgehead atoms. The van der Waals surface area contributed by atoms with Crippen molar-refractivity contribution in [2.24, 2.45) is 0 Å². The summed E-state index contributed by atoms with van der Waals surface area (Å²) in [7, 11) is 0. The van der Waals surface area contributed by atoms with E-state index in [2.05, 4.69) is 14.9 Å². The molecule has 2 aromatic heterocycles. The Labute approximate surface area is 126 Å². The zero-order chi connectivity index (χ0) is 14.8. The summed E-state index contributed by atoms with van der Waals surface area (Å²) < 4.78 is 30.8. The minimum absolute atomic E-state index is 0.208. The molecular weight excluding hydrogens is 316 g/mol. The van der Waals surface area contributed by atoms with E-state index in [1.807, 2.05) is 11.4 Å². The van der Waals surface area contributed by atoms with Crippen molar-refractivity contribution in [1.82, 2.24) is 9.59 Å². The van der Waals surface area contributed by atoms with Crippen LogP contribution in [0.4, 0.5) is 14.5 Å². The molecule has 2 heterocycles. The van der Waals surface area contributed by atoms with Crippen LogP contribution in [0.1, 0.15) is 9.67 Å². The highest BCUT2D eigenvalue weighted by Crippen LogP contribution is 2.29. The molecular formula is C13H7F2N3OS2. The number of thiophene rings is 1. The van der Waals surface area contributed by atoms with Crippen LogP contribution in [0.3, 0.4) is 0 Å². The summed E-state index contributed by atoms with van der Waals surface area (Å²) in [6, 6.07) is 6.98. The fraction of sp³-hybridized carbons (Fsp3) is 0. The van der Waals surface area contributed by atoms with Gasteiger partial charge in [0.1, 0.15) is 27.9 Å². The topological polar surface area (TPSA) is 54.9 Å². The Balaban J connectivity index is 1.92. The van der Waals surface area contributed by atoms with E-state index < -0.39 is 23.2 Å². The second-order valence-corrected chi connectivity index (χ2v) is 5.68. The zero-order valence-corrected chi connectivity index (χ0v) is 12.0. The van der Waals surface area contributed by atoms with Crippen LogP contribution in [0.2, 0.25) is 0 Å². The Morgan fingerprint density at radius 2 is 1.90 bits per heavy atom. The number of anilines is 1. The van der Waals surface area contributed by atoms with Crippen LogP contribution in [-0.2, 0) is 0 Å². The van der Waals surface area contributed by atoms with Gasteiger partial charge in [0.2, 0.25) is 0 Å². The summed E-state index contributed by atoms with van der Waals surface area (Å²) in [5.74, 6) is -2.31. The maximum atomic E-state index is 13.5. The molecule has 4 nitrogen and oxygen atoms in total. The second-order valence-electron chi connectivity index (χ2n) is 3.98. The SMILES string of the molecule is O=C(Nc1c(F)cccc1F)c1snnc1-c1cccs1. The van der Waals surface area contributed by atoms with Crippen LogP contribution in [0.5, 0.6) is 0 Å². The summed E-state index contributed by atoms with van der Waals surface area (Å²) in [4.78, 5) is 13.2. The van der Waals surface area contributed by atoms with Crippen LogP contribution in [-0.4, -0.2) is 15.5 Å². The first-order valence-corrected chi connectivity index (χ1v) is 7.43. The predicted molar refractivity (Wildman–Crippen MR) is 77.5 cm³/mol. The molecule has 0 aliphatic rings. The third-order valence-corrected chi connectivity index (χ3v) is 4.25. The molecule has 8 heteroatoms. The fourth-order valence-electron chi connectivity index (χ4n) is 1.70. The van der Waals surface area contributed by atoms with Gasteiger partial charge in [-0.05, 0) is 35.1 Å². The fourth-order valence-corrected chi connectivity index (χ4v) is 3.06. The van der Waals surface area contributed by atoms with E-state index in [9.17, 15) is 13.6 Å². The van der Waals surface area contributed by atoms with E-state index in [-0.39, 0.29) is 4.88 Å². The number of carbonyl (C=O) groups excluding carboxylic acids is 1. The monoisotopic (exact) mass is 323 g/mol. The van der Waals surface area contributed by atoms with Crippen molar-refractivity contribution in [2.45, 2.75) is 0 Å². The third kappa shape index (κ3) is 2.67. The third-order valence-electron chi connectivity index (χ3n) is 2.65. The van der Waals surface area contributed by atoms with Crippen molar-refractivity contribution in [1.29, 1.82) is 0 Å². The van der Waals surface area contributed by atoms with Crippen LogP contribution in [0, 0.1) is 11.6 Å². The molecule has 0 radical (unpaired) electrons. The highest BCUT2D eigenvalue weighted by molar-refractivity contribution is 7.14. The minimum atomic E-state index is -0.835. The van der Waals surface area contributed by atoms with Gasteiger partial charge in [0.15, 0.2) is 0 Å². The molecule has 0 unspecified atom stereocenters. The van der Waals surface area contributed by atoms with Crippen molar-refractivity contribution in [3.8, 4) is 10.6 Å². The van der Waals surface area contributed by atoms with E-state index in [1.165, 1.54) is 17.4 Å². The van der Waals surface area contributed by atoms with E-state index >= 15 is 0 Å². The number of amides is 1. The van der Waals surface area contributed by atoms with Gasteiger partial charge in [0.25, 0.3) is 5.91 Å². The molecule has 3 aromatic rings. The zero-order valence-electron chi connectivity index (χ0n) is 10.3. The average Bonchev–Trinajstić information content (AvgIpc) is 3.12. The molecule has 0 aliphatic carbocycles. The Bertz CT molecular complexity index is 766. The summed E-state index contributed by atoms with van der Waals surface area (Å²) in [6.07, 6.45) is 0. The van der Waals surface area contributed by atoms with Gasteiger partial charge in [-0.15, -0.1) is 16.4 Å². The van der Waals surface area contributed by atoms with Crippen LogP contribution in [0.25, 0.3) is 10.6 Å². The number of benzene rings is 1. The Kier molecular flexibility index (Phi) is 3.72. The lowest BCUT2D eigenvalue weighted by atomic mass is 10.2. The van der Waals surface area contributed by atoms with Crippen molar-refractivity contribution in [3.63, 3.8) is 0 Å². The number of hydrogen-bond donors (Lipinski definition) is 1. The summed E-state index contributed by atoms with van der Waals surface area (Å²) >= 11 is 2.28. The molecule has 0 atom stereocenters. The smallest absolute Gasteiger partial charge is 0.269 e. The lowest BCUT2D eigenvalue weighted by Crippen LogP contribution is -2.13. The molecule has 3 rings (SSSR count). The van der Waals surface area contributed by atoms with Crippen molar-refractivity contribution in [3.05, 3.63) is 52.2 Å². The van der Waals surface area contributed by atoms with Crippen molar-refractivity contribution < 1.29 is 13.6 Å². The Morgan fingerprint density at radius 1 is 1.14 bits per heavy atom. The Hall–Kier alpha value is -2.19. The van der Waals surface area contributed by atoms with Crippen LogP contribution in [0.15, 0.2) is 35.7 Å². The van der Waals surface area contributed by atoms with E-state index in [0.717, 1.165) is 28.5 Å². The number of hydrogen-bond acceptors (Lipinski definition) is 5. The number of aromatic nitrogens is 2. The van der Waals surface area contributed by atoms with Crippen molar-refractivity contribution >= 4 is 34.5 Å². The number of nitrogens with one attached hydrogen (secondary N) is 1. The van der Waals surface area contributed by atoms with Gasteiger partial charge in [-0.25, -0.2) is 8.78 Å². The first-order chi connectivity index (χ1) is 10.2. The maximum Gasteiger partial charge on any atom is 0.269 e. The molecule has 0 saturated heterocycles. The van der Waals surface area contributed by atoms with Crippen molar-refractivity contribution in [2.75, 3.05) is 5.32 Å². The lowest BCUT2D eigenvalue weighted by molar-refractivity contribution is 0.103. The summed E-state index contributed by atoms with van der Waals surface area (Å²) in [5, 5.41) is 7.97. The second kappa shape index (κ2) is 5.66. The van der Waals surface area contributed by atoms with Gasteiger partial charge >= 0.3 is 0 Å². The van der Waals surface area contributed by atoms with E-state index in [0.29, 0.717) is 5.69 Å².